The van der Waals surface area contributed by atoms with Crippen molar-refractivity contribution in [3.63, 3.8) is 0 Å². The fourth-order valence-electron chi connectivity index (χ4n) is 2.80. The monoisotopic (exact) mass is 539 g/mol. The minimum absolute atomic E-state index is 0. The second-order valence-corrected chi connectivity index (χ2v) is 7.44. The average Bonchev–Trinajstić information content (AvgIpc) is 2.60. The number of benzene rings is 1. The van der Waals surface area contributed by atoms with Gasteiger partial charge in [-0.1, -0.05) is 12.1 Å². The van der Waals surface area contributed by atoms with Gasteiger partial charge in [-0.2, -0.15) is 0 Å². The van der Waals surface area contributed by atoms with E-state index in [9.17, 15) is 0 Å². The zero-order valence-electron chi connectivity index (χ0n) is 16.0. The third-order valence-electron chi connectivity index (χ3n) is 4.43. The van der Waals surface area contributed by atoms with Gasteiger partial charge in [0.25, 0.3) is 0 Å². The summed E-state index contributed by atoms with van der Waals surface area (Å²) in [5, 5.41) is 6.77. The van der Waals surface area contributed by atoms with E-state index in [2.05, 4.69) is 55.5 Å². The Morgan fingerprint density at radius 3 is 2.73 bits per heavy atom. The number of hydrogen-bond donors (Lipinski definition) is 2. The SMILES string of the molecule is CN=C(NCC(C)Oc1ccccc1Br)NCC1CN(C)CCN1C.I. The van der Waals surface area contributed by atoms with E-state index in [1.54, 1.807) is 7.05 Å². The van der Waals surface area contributed by atoms with E-state index in [4.69, 9.17) is 4.74 Å². The van der Waals surface area contributed by atoms with Crippen LogP contribution in [0.3, 0.4) is 0 Å². The highest BCUT2D eigenvalue weighted by atomic mass is 127. The van der Waals surface area contributed by atoms with Crippen LogP contribution in [0.2, 0.25) is 0 Å². The Balaban J connectivity index is 0.00000338. The Bertz CT molecular complexity index is 574. The highest BCUT2D eigenvalue weighted by Gasteiger charge is 2.22. The molecular formula is C18H31BrIN5O. The molecule has 1 aromatic rings. The van der Waals surface area contributed by atoms with Crippen molar-refractivity contribution in [3.8, 4) is 5.75 Å². The molecule has 0 radical (unpaired) electrons. The first-order valence-electron chi connectivity index (χ1n) is 8.74. The van der Waals surface area contributed by atoms with Crippen LogP contribution in [0.1, 0.15) is 6.92 Å². The molecule has 1 aliphatic heterocycles. The zero-order chi connectivity index (χ0) is 18.2. The summed E-state index contributed by atoms with van der Waals surface area (Å²) in [7, 11) is 6.16. The van der Waals surface area contributed by atoms with Gasteiger partial charge in [-0.05, 0) is 49.1 Å². The lowest BCUT2D eigenvalue weighted by molar-refractivity contribution is 0.116. The molecule has 1 heterocycles. The smallest absolute Gasteiger partial charge is 0.191 e. The van der Waals surface area contributed by atoms with Crippen molar-refractivity contribution in [3.05, 3.63) is 28.7 Å². The largest absolute Gasteiger partial charge is 0.488 e. The van der Waals surface area contributed by atoms with Crippen LogP contribution in [0.25, 0.3) is 0 Å². The van der Waals surface area contributed by atoms with E-state index >= 15 is 0 Å². The number of aliphatic imine (C=N–C) groups is 1. The van der Waals surface area contributed by atoms with Crippen LogP contribution in [-0.4, -0.2) is 81.8 Å². The Morgan fingerprint density at radius 1 is 1.31 bits per heavy atom. The van der Waals surface area contributed by atoms with Crippen LogP contribution in [0.5, 0.6) is 5.75 Å². The van der Waals surface area contributed by atoms with Gasteiger partial charge in [-0.15, -0.1) is 24.0 Å². The molecule has 1 fully saturated rings. The van der Waals surface area contributed by atoms with E-state index in [1.807, 2.05) is 31.2 Å². The zero-order valence-corrected chi connectivity index (χ0v) is 20.0. The maximum atomic E-state index is 5.96. The van der Waals surface area contributed by atoms with Crippen molar-refractivity contribution in [1.82, 2.24) is 20.4 Å². The number of piperazine rings is 1. The first-order valence-corrected chi connectivity index (χ1v) is 9.53. The lowest BCUT2D eigenvalue weighted by Crippen LogP contribution is -2.55. The number of halogens is 2. The van der Waals surface area contributed by atoms with Gasteiger partial charge in [0.2, 0.25) is 0 Å². The standard InChI is InChI=1S/C18H30BrN5O.HI/c1-14(25-17-8-6-5-7-16(17)19)11-21-18(20-2)22-12-15-13-23(3)9-10-24(15)4;/h5-8,14-15H,9-13H2,1-4H3,(H2,20,21,22);1H. The predicted octanol–water partition coefficient (Wildman–Crippen LogP) is 2.25. The van der Waals surface area contributed by atoms with Gasteiger partial charge in [0.1, 0.15) is 11.9 Å². The molecule has 26 heavy (non-hydrogen) atoms. The fourth-order valence-corrected chi connectivity index (χ4v) is 3.17. The maximum absolute atomic E-state index is 5.96. The van der Waals surface area contributed by atoms with Crippen LogP contribution < -0.4 is 15.4 Å². The molecule has 0 aliphatic carbocycles. The lowest BCUT2D eigenvalue weighted by atomic mass is 10.2. The number of nitrogens with one attached hydrogen (secondary N) is 2. The molecular weight excluding hydrogens is 509 g/mol. The summed E-state index contributed by atoms with van der Waals surface area (Å²) in [6.45, 7) is 6.91. The molecule has 2 atom stereocenters. The van der Waals surface area contributed by atoms with Crippen molar-refractivity contribution < 1.29 is 4.74 Å². The number of guanidine groups is 1. The van der Waals surface area contributed by atoms with Crippen LogP contribution in [0.4, 0.5) is 0 Å². The highest BCUT2D eigenvalue weighted by molar-refractivity contribution is 14.0. The summed E-state index contributed by atoms with van der Waals surface area (Å²) in [6, 6.07) is 8.38. The third-order valence-corrected chi connectivity index (χ3v) is 5.09. The summed E-state index contributed by atoms with van der Waals surface area (Å²) in [5.41, 5.74) is 0. The Labute approximate surface area is 182 Å². The molecule has 6 nitrogen and oxygen atoms in total. The van der Waals surface area contributed by atoms with Gasteiger partial charge < -0.3 is 20.3 Å². The summed E-state index contributed by atoms with van der Waals surface area (Å²) in [4.78, 5) is 9.08. The molecule has 2 N–H and O–H groups in total. The van der Waals surface area contributed by atoms with Crippen molar-refractivity contribution >= 4 is 45.9 Å². The van der Waals surface area contributed by atoms with Crippen LogP contribution >= 0.6 is 39.9 Å². The van der Waals surface area contributed by atoms with Gasteiger partial charge in [-0.25, -0.2) is 0 Å². The highest BCUT2D eigenvalue weighted by Crippen LogP contribution is 2.24. The quantitative estimate of drug-likeness (QED) is 0.330. The Kier molecular flexibility index (Phi) is 10.8. The molecule has 0 amide bonds. The minimum Gasteiger partial charge on any atom is -0.488 e. The number of ether oxygens (including phenoxy) is 1. The number of rotatable bonds is 6. The summed E-state index contributed by atoms with van der Waals surface area (Å²) < 4.78 is 6.93. The fraction of sp³-hybridized carbons (Fsp3) is 0.611. The number of para-hydroxylation sites is 1. The van der Waals surface area contributed by atoms with Crippen LogP contribution in [0, 0.1) is 0 Å². The summed E-state index contributed by atoms with van der Waals surface area (Å²) >= 11 is 3.51. The van der Waals surface area contributed by atoms with Crippen molar-refractivity contribution in [2.45, 2.75) is 19.1 Å². The molecule has 0 saturated carbocycles. The maximum Gasteiger partial charge on any atom is 0.191 e. The first-order chi connectivity index (χ1) is 12.0. The summed E-state index contributed by atoms with van der Waals surface area (Å²) in [6.07, 6.45) is 0.0285. The van der Waals surface area contributed by atoms with E-state index in [0.717, 1.165) is 42.4 Å². The number of hydrogen-bond acceptors (Lipinski definition) is 4. The predicted molar refractivity (Wildman–Crippen MR) is 123 cm³/mol. The van der Waals surface area contributed by atoms with E-state index in [1.165, 1.54) is 0 Å². The van der Waals surface area contributed by atoms with E-state index in [0.29, 0.717) is 12.6 Å². The Morgan fingerprint density at radius 2 is 2.04 bits per heavy atom. The molecule has 1 saturated heterocycles. The molecule has 1 aliphatic rings. The van der Waals surface area contributed by atoms with Crippen LogP contribution in [-0.2, 0) is 0 Å². The molecule has 0 spiro atoms. The number of likely N-dealkylation sites (N-methyl/N-ethyl adjacent to an activating group) is 2. The first kappa shape index (κ1) is 23.5. The van der Waals surface area contributed by atoms with E-state index in [-0.39, 0.29) is 30.1 Å². The molecule has 0 aromatic heterocycles. The van der Waals surface area contributed by atoms with Crippen LogP contribution in [0.15, 0.2) is 33.7 Å². The van der Waals surface area contributed by atoms with Gasteiger partial charge in [-0.3, -0.25) is 9.89 Å². The molecule has 0 bridgehead atoms. The minimum atomic E-state index is 0. The molecule has 2 unspecified atom stereocenters. The van der Waals surface area contributed by atoms with Gasteiger partial charge >= 0.3 is 0 Å². The second-order valence-electron chi connectivity index (χ2n) is 6.59. The van der Waals surface area contributed by atoms with Gasteiger partial charge in [0, 0.05) is 39.3 Å². The molecule has 8 heteroatoms. The van der Waals surface area contributed by atoms with E-state index < -0.39 is 0 Å². The third kappa shape index (κ3) is 7.58. The van der Waals surface area contributed by atoms with Crippen molar-refractivity contribution in [2.75, 3.05) is 53.9 Å². The molecule has 1 aromatic carbocycles. The molecule has 2 rings (SSSR count). The summed E-state index contributed by atoms with van der Waals surface area (Å²) in [5.74, 6) is 1.66. The van der Waals surface area contributed by atoms with Gasteiger partial charge in [0.05, 0.1) is 11.0 Å². The second kappa shape index (κ2) is 12.0. The lowest BCUT2D eigenvalue weighted by Gasteiger charge is -2.38. The van der Waals surface area contributed by atoms with Crippen molar-refractivity contribution in [1.29, 1.82) is 0 Å². The topological polar surface area (TPSA) is 52.1 Å². The average molecular weight is 540 g/mol. The Hall–Kier alpha value is -0.580. The van der Waals surface area contributed by atoms with Crippen molar-refractivity contribution in [2.24, 2.45) is 4.99 Å². The number of nitrogens with zero attached hydrogens (tertiary/aromatic N) is 3. The molecule has 148 valence electrons. The normalized spacial score (nSPS) is 20.2. The van der Waals surface area contributed by atoms with Gasteiger partial charge in [0.15, 0.2) is 5.96 Å².